The molecule has 1 N–H and O–H groups in total. The van der Waals surface area contributed by atoms with Gasteiger partial charge in [0.15, 0.2) is 0 Å². The molecule has 3 heterocycles. The second-order valence-corrected chi connectivity index (χ2v) is 12.7. The van der Waals surface area contributed by atoms with Crippen molar-refractivity contribution in [3.63, 3.8) is 0 Å². The third-order valence-corrected chi connectivity index (χ3v) is 8.94. The first-order valence-corrected chi connectivity index (χ1v) is 16.5. The molecule has 6 rings (SSSR count). The fourth-order valence-corrected chi connectivity index (χ4v) is 6.72. The van der Waals surface area contributed by atoms with Crippen LogP contribution < -0.4 is 78.7 Å². The summed E-state index contributed by atoms with van der Waals surface area (Å²) in [6.45, 7) is 2.14. The summed E-state index contributed by atoms with van der Waals surface area (Å²) in [5.74, 6) is -0.793. The summed E-state index contributed by atoms with van der Waals surface area (Å²) in [5, 5.41) is 6.95. The molecule has 4 aromatic rings. The zero-order valence-electron chi connectivity index (χ0n) is 27.8. The van der Waals surface area contributed by atoms with Crippen molar-refractivity contribution in [2.45, 2.75) is 44.7 Å². The number of benzene rings is 3. The molecule has 1 aromatic heterocycles. The Labute approximate surface area is 328 Å². The van der Waals surface area contributed by atoms with Gasteiger partial charge in [-0.25, -0.2) is 14.8 Å². The first-order chi connectivity index (χ1) is 22.5. The van der Waals surface area contributed by atoms with E-state index in [1.165, 1.54) is 34.2 Å². The van der Waals surface area contributed by atoms with Gasteiger partial charge in [0, 0.05) is 38.1 Å². The van der Waals surface area contributed by atoms with E-state index in [0.717, 1.165) is 22.0 Å². The van der Waals surface area contributed by atoms with Gasteiger partial charge in [0.25, 0.3) is 0 Å². The number of hydrogen-bond donors (Lipinski definition) is 1. The van der Waals surface area contributed by atoms with Crippen molar-refractivity contribution in [3.8, 4) is 5.75 Å². The number of likely N-dealkylation sites (N-methyl/N-ethyl adjacent to an activating group) is 1. The molecule has 2 saturated heterocycles. The van der Waals surface area contributed by atoms with Gasteiger partial charge in [-0.3, -0.25) is 14.6 Å². The fraction of sp³-hybridized carbons (Fsp3) is 0.273. The van der Waals surface area contributed by atoms with E-state index in [1.54, 1.807) is 23.2 Å². The van der Waals surface area contributed by atoms with Crippen LogP contribution >= 0.6 is 7.82 Å². The van der Waals surface area contributed by atoms with Crippen LogP contribution in [-0.2, 0) is 33.7 Å². The Morgan fingerprint density at radius 3 is 2.35 bits per heavy atom. The minimum Gasteiger partial charge on any atom is -0.780 e. The van der Waals surface area contributed by atoms with Gasteiger partial charge in [-0.1, -0.05) is 66.7 Å². The maximum atomic E-state index is 14.4. The Bertz CT molecular complexity index is 1840. The van der Waals surface area contributed by atoms with E-state index in [4.69, 9.17) is 0 Å². The number of aromatic nitrogens is 1. The number of rotatable bonds is 8. The summed E-state index contributed by atoms with van der Waals surface area (Å²) in [4.78, 5) is 72.0. The first-order valence-electron chi connectivity index (χ1n) is 15.1. The molecule has 0 saturated carbocycles. The van der Waals surface area contributed by atoms with Crippen LogP contribution in [0.2, 0.25) is 0 Å². The van der Waals surface area contributed by atoms with Crippen molar-refractivity contribution in [1.29, 1.82) is 0 Å². The van der Waals surface area contributed by atoms with Gasteiger partial charge in [-0.15, -0.1) is 0 Å². The molecule has 4 amide bonds. The number of phosphoric acid groups is 1. The molecule has 16 heteroatoms. The maximum Gasteiger partial charge on any atom is 1.00 e. The standard InChI is InChI=1S/C33H35N6O7P.2Na/c1-22-31-38(29(40)21-36(2)39(31)33(42)35-19-24-8-4-3-5-9-24)28(18-23-13-15-27(16-14-23)46-47(43,44)45)32(41)37(22)20-26-11-6-10-25-12-7-17-34-30(25)26;;/h3-17,22,28,31H,18-21H2,1-2H3,(H,35,42)(H2,43,44,45);;/q;2*+1/p-2/t22-,28-,31?;;/m0../s1. The molecule has 49 heavy (non-hydrogen) atoms. The normalized spacial score (nSPS) is 19.5. The second-order valence-electron chi connectivity index (χ2n) is 11.6. The molecular formula is C33H33N6Na2O7P. The van der Waals surface area contributed by atoms with Gasteiger partial charge in [0.1, 0.15) is 25.8 Å². The molecule has 0 radical (unpaired) electrons. The van der Waals surface area contributed by atoms with Crippen LogP contribution in [0.5, 0.6) is 5.75 Å². The smallest absolute Gasteiger partial charge is 0.780 e. The maximum absolute atomic E-state index is 14.4. The van der Waals surface area contributed by atoms with E-state index in [2.05, 4.69) is 14.8 Å². The topological polar surface area (TPSA) is 162 Å². The van der Waals surface area contributed by atoms with E-state index < -0.39 is 32.1 Å². The van der Waals surface area contributed by atoms with Crippen molar-refractivity contribution < 1.29 is 92.4 Å². The fourth-order valence-electron chi connectivity index (χ4n) is 6.34. The van der Waals surface area contributed by atoms with Crippen LogP contribution in [0.25, 0.3) is 10.9 Å². The molecule has 2 fully saturated rings. The summed E-state index contributed by atoms with van der Waals surface area (Å²) >= 11 is 0. The summed E-state index contributed by atoms with van der Waals surface area (Å²) in [6.07, 6.45) is 0.905. The third-order valence-electron chi connectivity index (χ3n) is 8.50. The zero-order chi connectivity index (χ0) is 33.3. The minimum absolute atomic E-state index is 0. The first kappa shape index (κ1) is 39.0. The molecule has 1 unspecified atom stereocenters. The quantitative estimate of drug-likeness (QED) is 0.143. The molecule has 244 valence electrons. The number of pyridine rings is 1. The average Bonchev–Trinajstić information content (AvgIpc) is 3.04. The largest absolute Gasteiger partial charge is 1.00 e. The zero-order valence-corrected chi connectivity index (χ0v) is 32.7. The van der Waals surface area contributed by atoms with Gasteiger partial charge >= 0.3 is 65.1 Å². The molecule has 3 atom stereocenters. The van der Waals surface area contributed by atoms with Gasteiger partial charge < -0.3 is 34.0 Å². The molecule has 3 aromatic carbocycles. The van der Waals surface area contributed by atoms with E-state index >= 15 is 0 Å². The Hall–Kier alpha value is -2.81. The minimum atomic E-state index is -5.26. The molecule has 13 nitrogen and oxygen atoms in total. The Balaban J connectivity index is 0.00000270. The van der Waals surface area contributed by atoms with Crippen LogP contribution in [0.3, 0.4) is 0 Å². The second kappa shape index (κ2) is 16.5. The number of para-hydroxylation sites is 1. The van der Waals surface area contributed by atoms with Crippen LogP contribution in [0.15, 0.2) is 91.1 Å². The monoisotopic (exact) mass is 702 g/mol. The Morgan fingerprint density at radius 2 is 1.65 bits per heavy atom. The number of fused-ring (bicyclic) bond motifs is 2. The molecule has 2 aliphatic heterocycles. The summed E-state index contributed by atoms with van der Waals surface area (Å²) in [5.41, 5.74) is 3.05. The van der Waals surface area contributed by atoms with Crippen molar-refractivity contribution in [2.75, 3.05) is 13.6 Å². The Kier molecular flexibility index (Phi) is 13.1. The van der Waals surface area contributed by atoms with Crippen molar-refractivity contribution in [3.05, 3.63) is 108 Å². The van der Waals surface area contributed by atoms with E-state index in [0.29, 0.717) is 5.56 Å². The van der Waals surface area contributed by atoms with Crippen LogP contribution in [0.4, 0.5) is 4.79 Å². The summed E-state index contributed by atoms with van der Waals surface area (Å²) < 4.78 is 15.5. The summed E-state index contributed by atoms with van der Waals surface area (Å²) in [7, 11) is -3.59. The third kappa shape index (κ3) is 8.74. The van der Waals surface area contributed by atoms with Gasteiger partial charge in [0.05, 0.1) is 18.1 Å². The van der Waals surface area contributed by atoms with Crippen molar-refractivity contribution in [1.82, 2.24) is 30.1 Å². The van der Waals surface area contributed by atoms with E-state index in [1.807, 2.05) is 67.6 Å². The van der Waals surface area contributed by atoms with Crippen molar-refractivity contribution in [2.24, 2.45) is 0 Å². The SMILES string of the molecule is C[C@H]1C2N(C(=O)CN(C)N2C(=O)NCc2ccccc2)[C@@H](Cc2ccc(OP(=O)([O-])[O-])cc2)C(=O)N1Cc1cccc2cccnc12.[Na+].[Na+]. The van der Waals surface area contributed by atoms with Crippen molar-refractivity contribution >= 4 is 36.6 Å². The van der Waals surface area contributed by atoms with Gasteiger partial charge in [-0.2, -0.15) is 0 Å². The number of nitrogens with one attached hydrogen (secondary N) is 1. The predicted molar refractivity (Wildman–Crippen MR) is 168 cm³/mol. The predicted octanol–water partition coefficient (Wildman–Crippen LogP) is -3.98. The Morgan fingerprint density at radius 1 is 0.959 bits per heavy atom. The molecular weight excluding hydrogens is 669 g/mol. The number of urea groups is 1. The van der Waals surface area contributed by atoms with Crippen LogP contribution in [-0.4, -0.2) is 74.5 Å². The molecule has 0 spiro atoms. The number of carbonyl (C=O) groups excluding carboxylic acids is 3. The van der Waals surface area contributed by atoms with Gasteiger partial charge in [-0.05, 0) is 41.8 Å². The number of hydrazine groups is 1. The average molecular weight is 703 g/mol. The van der Waals surface area contributed by atoms with E-state index in [9.17, 15) is 28.7 Å². The van der Waals surface area contributed by atoms with Crippen LogP contribution in [0.1, 0.15) is 23.6 Å². The molecule has 0 aliphatic carbocycles. The molecule has 2 aliphatic rings. The number of nitrogens with zero attached hydrogens (tertiary/aromatic N) is 5. The van der Waals surface area contributed by atoms with Crippen LogP contribution in [0, 0.1) is 0 Å². The number of amides is 4. The van der Waals surface area contributed by atoms with Gasteiger partial charge in [0.2, 0.25) is 11.8 Å². The van der Waals surface area contributed by atoms with E-state index in [-0.39, 0.29) is 103 Å². The summed E-state index contributed by atoms with van der Waals surface area (Å²) in [6, 6.07) is 22.7. The number of hydrogen-bond acceptors (Lipinski definition) is 9. The number of carbonyl (C=O) groups is 3. The number of piperazine rings is 1. The number of phosphoric ester groups is 1. The molecule has 0 bridgehead atoms.